The summed E-state index contributed by atoms with van der Waals surface area (Å²) < 4.78 is 0. The Labute approximate surface area is 77.6 Å². The molecule has 0 unspecified atom stereocenters. The largest absolute Gasteiger partial charge is 0.229 e. The summed E-state index contributed by atoms with van der Waals surface area (Å²) in [7, 11) is 0. The summed E-state index contributed by atoms with van der Waals surface area (Å²) in [6, 6.07) is 0. The zero-order valence-electron chi connectivity index (χ0n) is 5.70. The van der Waals surface area contributed by atoms with Crippen LogP contribution in [0.25, 0.3) is 11.0 Å². The summed E-state index contributed by atoms with van der Waals surface area (Å²) in [6.45, 7) is 0. The second-order valence-electron chi connectivity index (χ2n) is 2.06. The van der Waals surface area contributed by atoms with Crippen LogP contribution in [0.3, 0.4) is 0 Å². The molecule has 0 fully saturated rings. The van der Waals surface area contributed by atoms with Crippen molar-refractivity contribution in [1.29, 1.82) is 0 Å². The van der Waals surface area contributed by atoms with Gasteiger partial charge in [-0.05, 0) is 0 Å². The predicted molar refractivity (Wildman–Crippen MR) is 45.1 cm³/mol. The number of halogens is 2. The van der Waals surface area contributed by atoms with Crippen molar-refractivity contribution in [2.45, 2.75) is 0 Å². The summed E-state index contributed by atoms with van der Waals surface area (Å²) in [5, 5.41) is 7.61. The van der Waals surface area contributed by atoms with E-state index in [-0.39, 0.29) is 10.3 Å². The number of fused-ring (bicyclic) bond motifs is 1. The Morgan fingerprint density at radius 1 is 0.833 bits per heavy atom. The van der Waals surface area contributed by atoms with Crippen LogP contribution in [0.1, 0.15) is 0 Å². The van der Waals surface area contributed by atoms with Gasteiger partial charge in [-0.25, -0.2) is 9.97 Å². The lowest BCUT2D eigenvalue weighted by molar-refractivity contribution is 1.03. The van der Waals surface area contributed by atoms with E-state index in [2.05, 4.69) is 20.2 Å². The van der Waals surface area contributed by atoms with Crippen LogP contribution in [0.2, 0.25) is 10.3 Å². The van der Waals surface area contributed by atoms with Gasteiger partial charge in [0, 0.05) is 0 Å². The van der Waals surface area contributed by atoms with E-state index in [4.69, 9.17) is 23.2 Å². The standard InChI is InChI=1S/C6H2Cl2N4/c7-5-6(8)12-4-2-10-9-1-3(4)11-5/h1-2H. The molecule has 4 nitrogen and oxygen atoms in total. The van der Waals surface area contributed by atoms with E-state index in [0.717, 1.165) is 0 Å². The maximum absolute atomic E-state index is 5.63. The molecule has 0 aliphatic heterocycles. The minimum absolute atomic E-state index is 0.178. The molecule has 0 N–H and O–H groups in total. The molecule has 0 aliphatic rings. The van der Waals surface area contributed by atoms with E-state index in [9.17, 15) is 0 Å². The number of hydrogen-bond donors (Lipinski definition) is 0. The minimum atomic E-state index is 0.178. The first-order chi connectivity index (χ1) is 5.77. The summed E-state index contributed by atoms with van der Waals surface area (Å²) in [4.78, 5) is 7.89. The van der Waals surface area contributed by atoms with Crippen LogP contribution < -0.4 is 0 Å². The molecular formula is C6H2Cl2N4. The average Bonchev–Trinajstić information content (AvgIpc) is 2.07. The lowest BCUT2D eigenvalue weighted by atomic mass is 10.4. The normalized spacial score (nSPS) is 10.5. The molecular weight excluding hydrogens is 199 g/mol. The Morgan fingerprint density at radius 2 is 1.25 bits per heavy atom. The maximum Gasteiger partial charge on any atom is 0.167 e. The highest BCUT2D eigenvalue weighted by Gasteiger charge is 2.03. The van der Waals surface area contributed by atoms with Crippen LogP contribution in [-0.2, 0) is 0 Å². The van der Waals surface area contributed by atoms with E-state index in [1.807, 2.05) is 0 Å². The zero-order chi connectivity index (χ0) is 8.55. The molecule has 0 radical (unpaired) electrons. The third-order valence-electron chi connectivity index (χ3n) is 1.30. The molecule has 0 bridgehead atoms. The van der Waals surface area contributed by atoms with E-state index in [1.54, 1.807) is 0 Å². The molecule has 0 aliphatic carbocycles. The summed E-state index contributed by atoms with van der Waals surface area (Å²) >= 11 is 11.3. The number of rotatable bonds is 0. The average molecular weight is 201 g/mol. The van der Waals surface area contributed by atoms with Crippen LogP contribution in [0.15, 0.2) is 12.4 Å². The first-order valence-electron chi connectivity index (χ1n) is 3.07. The molecule has 2 rings (SSSR count). The minimum Gasteiger partial charge on any atom is -0.229 e. The Balaban J connectivity index is 2.84. The fourth-order valence-electron chi connectivity index (χ4n) is 0.784. The van der Waals surface area contributed by atoms with Gasteiger partial charge in [0.25, 0.3) is 0 Å². The molecule has 2 heterocycles. The molecule has 12 heavy (non-hydrogen) atoms. The molecule has 60 valence electrons. The van der Waals surface area contributed by atoms with Crippen molar-refractivity contribution in [2.75, 3.05) is 0 Å². The quantitative estimate of drug-likeness (QED) is 0.651. The van der Waals surface area contributed by atoms with Gasteiger partial charge in [0.05, 0.1) is 12.4 Å². The van der Waals surface area contributed by atoms with Gasteiger partial charge in [0.2, 0.25) is 0 Å². The number of nitrogens with zero attached hydrogens (tertiary/aromatic N) is 4. The van der Waals surface area contributed by atoms with Crippen molar-refractivity contribution >= 4 is 34.2 Å². The van der Waals surface area contributed by atoms with Crippen molar-refractivity contribution in [3.05, 3.63) is 22.7 Å². The fraction of sp³-hybridized carbons (Fsp3) is 0. The SMILES string of the molecule is Clc1nc2cnncc2nc1Cl. The lowest BCUT2D eigenvalue weighted by Gasteiger charge is -1.96. The Kier molecular flexibility index (Phi) is 1.78. The highest BCUT2D eigenvalue weighted by atomic mass is 35.5. The van der Waals surface area contributed by atoms with E-state index in [0.29, 0.717) is 11.0 Å². The smallest absolute Gasteiger partial charge is 0.167 e. The fourth-order valence-corrected chi connectivity index (χ4v) is 1.05. The highest BCUT2D eigenvalue weighted by Crippen LogP contribution is 2.19. The second kappa shape index (κ2) is 2.80. The van der Waals surface area contributed by atoms with E-state index in [1.165, 1.54) is 12.4 Å². The molecule has 2 aromatic heterocycles. The van der Waals surface area contributed by atoms with Gasteiger partial charge < -0.3 is 0 Å². The molecule has 0 saturated carbocycles. The van der Waals surface area contributed by atoms with Gasteiger partial charge in [0.15, 0.2) is 10.3 Å². The van der Waals surface area contributed by atoms with Gasteiger partial charge >= 0.3 is 0 Å². The van der Waals surface area contributed by atoms with E-state index < -0.39 is 0 Å². The molecule has 0 amide bonds. The second-order valence-corrected chi connectivity index (χ2v) is 2.78. The molecule has 0 saturated heterocycles. The Hall–Kier alpha value is -1.00. The van der Waals surface area contributed by atoms with Crippen molar-refractivity contribution in [1.82, 2.24) is 20.2 Å². The Bertz CT molecular complexity index is 390. The number of hydrogen-bond acceptors (Lipinski definition) is 4. The number of aromatic nitrogens is 4. The summed E-state index contributed by atoms with van der Waals surface area (Å²) in [6.07, 6.45) is 2.95. The third kappa shape index (κ3) is 1.19. The molecule has 6 heteroatoms. The first kappa shape index (κ1) is 7.64. The van der Waals surface area contributed by atoms with Crippen LogP contribution in [0.5, 0.6) is 0 Å². The summed E-state index contributed by atoms with van der Waals surface area (Å²) in [5.74, 6) is 0. The van der Waals surface area contributed by atoms with Crippen molar-refractivity contribution in [3.8, 4) is 0 Å². The highest BCUT2D eigenvalue weighted by molar-refractivity contribution is 6.40. The van der Waals surface area contributed by atoms with Crippen LogP contribution >= 0.6 is 23.2 Å². The third-order valence-corrected chi connectivity index (χ3v) is 1.92. The van der Waals surface area contributed by atoms with Crippen LogP contribution in [-0.4, -0.2) is 20.2 Å². The van der Waals surface area contributed by atoms with Gasteiger partial charge in [-0.1, -0.05) is 23.2 Å². The van der Waals surface area contributed by atoms with Crippen LogP contribution in [0.4, 0.5) is 0 Å². The van der Waals surface area contributed by atoms with Crippen LogP contribution in [0, 0.1) is 0 Å². The zero-order valence-corrected chi connectivity index (χ0v) is 7.21. The van der Waals surface area contributed by atoms with Crippen molar-refractivity contribution in [2.24, 2.45) is 0 Å². The van der Waals surface area contributed by atoms with Gasteiger partial charge in [-0.3, -0.25) is 0 Å². The molecule has 0 spiro atoms. The van der Waals surface area contributed by atoms with E-state index >= 15 is 0 Å². The van der Waals surface area contributed by atoms with Gasteiger partial charge in [0.1, 0.15) is 11.0 Å². The molecule has 2 aromatic rings. The van der Waals surface area contributed by atoms with Crippen molar-refractivity contribution in [3.63, 3.8) is 0 Å². The predicted octanol–water partition coefficient (Wildman–Crippen LogP) is 1.73. The van der Waals surface area contributed by atoms with Crippen molar-refractivity contribution < 1.29 is 0 Å². The first-order valence-corrected chi connectivity index (χ1v) is 3.82. The summed E-state index contributed by atoms with van der Waals surface area (Å²) in [5.41, 5.74) is 1.17. The van der Waals surface area contributed by atoms with Gasteiger partial charge in [-0.2, -0.15) is 10.2 Å². The lowest BCUT2D eigenvalue weighted by Crippen LogP contribution is -1.89. The Morgan fingerprint density at radius 3 is 1.67 bits per heavy atom. The monoisotopic (exact) mass is 200 g/mol. The van der Waals surface area contributed by atoms with Gasteiger partial charge in [-0.15, -0.1) is 0 Å². The molecule has 0 atom stereocenters. The molecule has 0 aromatic carbocycles. The maximum atomic E-state index is 5.63. The topological polar surface area (TPSA) is 51.6 Å².